The van der Waals surface area contributed by atoms with Crippen LogP contribution < -0.4 is 4.74 Å². The van der Waals surface area contributed by atoms with Crippen LogP contribution in [0.25, 0.3) is 0 Å². The number of hydrogen-bond donors (Lipinski definition) is 0. The summed E-state index contributed by atoms with van der Waals surface area (Å²) in [7, 11) is 1.36. The van der Waals surface area contributed by atoms with E-state index in [0.717, 1.165) is 6.07 Å². The van der Waals surface area contributed by atoms with Crippen LogP contribution in [0, 0.1) is 5.82 Å². The standard InChI is InChI=1S/C13H17FO4/c1-4-17-13(18-5-2)12(15)9-6-7-11(16-3)10(14)8-9/h6-8,13H,4-5H2,1-3H3. The average Bonchev–Trinajstić information content (AvgIpc) is 2.37. The molecule has 0 aromatic heterocycles. The third kappa shape index (κ3) is 3.51. The minimum Gasteiger partial charge on any atom is -0.494 e. The van der Waals surface area contributed by atoms with Gasteiger partial charge in [0.05, 0.1) is 7.11 Å². The molecule has 0 bridgehead atoms. The van der Waals surface area contributed by atoms with Crippen molar-refractivity contribution in [2.75, 3.05) is 20.3 Å². The molecular weight excluding hydrogens is 239 g/mol. The number of carbonyl (C=O) groups excluding carboxylic acids is 1. The van der Waals surface area contributed by atoms with Crippen molar-refractivity contribution in [2.45, 2.75) is 20.1 Å². The third-order valence-corrected chi connectivity index (χ3v) is 2.29. The molecule has 4 nitrogen and oxygen atoms in total. The van der Waals surface area contributed by atoms with E-state index in [1.807, 2.05) is 0 Å². The molecule has 0 unspecified atom stereocenters. The van der Waals surface area contributed by atoms with Crippen molar-refractivity contribution in [1.82, 2.24) is 0 Å². The summed E-state index contributed by atoms with van der Waals surface area (Å²) in [4.78, 5) is 12.0. The Morgan fingerprint density at radius 1 is 1.28 bits per heavy atom. The van der Waals surface area contributed by atoms with Gasteiger partial charge in [0.1, 0.15) is 0 Å². The fraction of sp³-hybridized carbons (Fsp3) is 0.462. The maximum absolute atomic E-state index is 13.5. The number of hydrogen-bond acceptors (Lipinski definition) is 4. The van der Waals surface area contributed by atoms with Crippen molar-refractivity contribution in [3.63, 3.8) is 0 Å². The molecule has 0 fully saturated rings. The van der Waals surface area contributed by atoms with Gasteiger partial charge in [-0.1, -0.05) is 0 Å². The Hall–Kier alpha value is -1.46. The Morgan fingerprint density at radius 3 is 2.33 bits per heavy atom. The summed E-state index contributed by atoms with van der Waals surface area (Å²) in [5, 5.41) is 0. The second kappa shape index (κ2) is 7.08. The number of carbonyl (C=O) groups is 1. The Labute approximate surface area is 106 Å². The lowest BCUT2D eigenvalue weighted by Crippen LogP contribution is -2.27. The van der Waals surface area contributed by atoms with Crippen LogP contribution in [0.15, 0.2) is 18.2 Å². The predicted molar refractivity (Wildman–Crippen MR) is 64.3 cm³/mol. The molecule has 100 valence electrons. The molecule has 0 atom stereocenters. The zero-order valence-corrected chi connectivity index (χ0v) is 10.7. The summed E-state index contributed by atoms with van der Waals surface area (Å²) in [5.74, 6) is -0.897. The first kappa shape index (κ1) is 14.6. The fourth-order valence-electron chi connectivity index (χ4n) is 1.46. The molecule has 0 aliphatic carbocycles. The first-order valence-corrected chi connectivity index (χ1v) is 5.75. The second-order valence-corrected chi connectivity index (χ2v) is 3.46. The molecule has 0 aliphatic heterocycles. The molecule has 18 heavy (non-hydrogen) atoms. The molecule has 0 saturated carbocycles. The number of benzene rings is 1. The lowest BCUT2D eigenvalue weighted by atomic mass is 10.1. The molecule has 1 aromatic rings. The van der Waals surface area contributed by atoms with E-state index >= 15 is 0 Å². The van der Waals surface area contributed by atoms with E-state index in [0.29, 0.717) is 13.2 Å². The average molecular weight is 256 g/mol. The van der Waals surface area contributed by atoms with Crippen molar-refractivity contribution in [1.29, 1.82) is 0 Å². The van der Waals surface area contributed by atoms with Gasteiger partial charge in [0.2, 0.25) is 12.1 Å². The largest absolute Gasteiger partial charge is 0.494 e. The van der Waals surface area contributed by atoms with E-state index < -0.39 is 17.9 Å². The maximum Gasteiger partial charge on any atom is 0.222 e. The Bertz CT molecular complexity index is 400. The Kier molecular flexibility index (Phi) is 5.74. The zero-order valence-electron chi connectivity index (χ0n) is 10.7. The normalized spacial score (nSPS) is 10.7. The highest BCUT2D eigenvalue weighted by atomic mass is 19.1. The van der Waals surface area contributed by atoms with Gasteiger partial charge < -0.3 is 14.2 Å². The highest BCUT2D eigenvalue weighted by molar-refractivity contribution is 5.98. The Balaban J connectivity index is 2.90. The fourth-order valence-corrected chi connectivity index (χ4v) is 1.46. The quantitative estimate of drug-likeness (QED) is 0.555. The van der Waals surface area contributed by atoms with Gasteiger partial charge in [0.15, 0.2) is 11.6 Å². The van der Waals surface area contributed by atoms with Gasteiger partial charge in [-0.25, -0.2) is 4.39 Å². The van der Waals surface area contributed by atoms with Gasteiger partial charge in [-0.3, -0.25) is 4.79 Å². The summed E-state index contributed by atoms with van der Waals surface area (Å²) in [6.45, 7) is 4.20. The topological polar surface area (TPSA) is 44.8 Å². The van der Waals surface area contributed by atoms with Gasteiger partial charge in [-0.2, -0.15) is 0 Å². The SMILES string of the molecule is CCOC(OCC)C(=O)c1ccc(OC)c(F)c1. The minimum atomic E-state index is -0.993. The molecule has 0 spiro atoms. The van der Waals surface area contributed by atoms with E-state index in [1.54, 1.807) is 13.8 Å². The first-order chi connectivity index (χ1) is 8.63. The van der Waals surface area contributed by atoms with Crippen molar-refractivity contribution >= 4 is 5.78 Å². The van der Waals surface area contributed by atoms with Gasteiger partial charge >= 0.3 is 0 Å². The van der Waals surface area contributed by atoms with E-state index in [9.17, 15) is 9.18 Å². The van der Waals surface area contributed by atoms with Crippen molar-refractivity contribution in [2.24, 2.45) is 0 Å². The van der Waals surface area contributed by atoms with Gasteiger partial charge in [0.25, 0.3) is 0 Å². The van der Waals surface area contributed by atoms with Crippen LogP contribution in [0.1, 0.15) is 24.2 Å². The lowest BCUT2D eigenvalue weighted by Gasteiger charge is -2.15. The minimum absolute atomic E-state index is 0.0934. The van der Waals surface area contributed by atoms with Crippen LogP contribution >= 0.6 is 0 Å². The zero-order chi connectivity index (χ0) is 13.5. The molecular formula is C13H17FO4. The van der Waals surface area contributed by atoms with E-state index in [2.05, 4.69) is 0 Å². The summed E-state index contributed by atoms with van der Waals surface area (Å²) < 4.78 is 28.6. The van der Waals surface area contributed by atoms with Crippen molar-refractivity contribution in [3.8, 4) is 5.75 Å². The van der Waals surface area contributed by atoms with E-state index in [4.69, 9.17) is 14.2 Å². The monoisotopic (exact) mass is 256 g/mol. The maximum atomic E-state index is 13.5. The smallest absolute Gasteiger partial charge is 0.222 e. The van der Waals surface area contributed by atoms with Crippen LogP contribution in [0.3, 0.4) is 0 Å². The van der Waals surface area contributed by atoms with Gasteiger partial charge in [-0.05, 0) is 32.0 Å². The van der Waals surface area contributed by atoms with Crippen LogP contribution in [0.5, 0.6) is 5.75 Å². The molecule has 0 aliphatic rings. The number of rotatable bonds is 7. The molecule has 0 amide bonds. The highest BCUT2D eigenvalue weighted by Crippen LogP contribution is 2.19. The number of ketones is 1. The van der Waals surface area contributed by atoms with Crippen LogP contribution in [0.2, 0.25) is 0 Å². The van der Waals surface area contributed by atoms with Crippen molar-refractivity contribution < 1.29 is 23.4 Å². The van der Waals surface area contributed by atoms with E-state index in [1.165, 1.54) is 19.2 Å². The van der Waals surface area contributed by atoms with Gasteiger partial charge in [-0.15, -0.1) is 0 Å². The molecule has 0 N–H and O–H groups in total. The van der Waals surface area contributed by atoms with Crippen LogP contribution in [-0.2, 0) is 9.47 Å². The molecule has 0 radical (unpaired) electrons. The molecule has 1 rings (SSSR count). The summed E-state index contributed by atoms with van der Waals surface area (Å²) in [6.07, 6.45) is -0.993. The van der Waals surface area contributed by atoms with Gasteiger partial charge in [0, 0.05) is 18.8 Å². The third-order valence-electron chi connectivity index (χ3n) is 2.29. The first-order valence-electron chi connectivity index (χ1n) is 5.75. The number of halogens is 1. The number of Topliss-reactive ketones (excluding diaryl/α,β-unsaturated/α-hetero) is 1. The highest BCUT2D eigenvalue weighted by Gasteiger charge is 2.21. The molecule has 0 heterocycles. The summed E-state index contributed by atoms with van der Waals surface area (Å²) in [5.41, 5.74) is 0.195. The molecule has 0 saturated heterocycles. The van der Waals surface area contributed by atoms with Crippen LogP contribution in [0.4, 0.5) is 4.39 Å². The Morgan fingerprint density at radius 2 is 1.89 bits per heavy atom. The number of ether oxygens (including phenoxy) is 3. The number of methoxy groups -OCH3 is 1. The van der Waals surface area contributed by atoms with Crippen molar-refractivity contribution in [3.05, 3.63) is 29.6 Å². The molecule has 5 heteroatoms. The summed E-state index contributed by atoms with van der Waals surface area (Å²) >= 11 is 0. The predicted octanol–water partition coefficient (Wildman–Crippen LogP) is 2.42. The van der Waals surface area contributed by atoms with E-state index in [-0.39, 0.29) is 11.3 Å². The van der Waals surface area contributed by atoms with Crippen LogP contribution in [-0.4, -0.2) is 32.4 Å². The summed E-state index contributed by atoms with van der Waals surface area (Å²) in [6, 6.07) is 4.00. The lowest BCUT2D eigenvalue weighted by molar-refractivity contribution is -0.107. The second-order valence-electron chi connectivity index (χ2n) is 3.46. The molecule has 1 aromatic carbocycles.